The molecule has 2 heterocycles. The van der Waals surface area contributed by atoms with Gasteiger partial charge in [0.15, 0.2) is 23.0 Å². The number of ether oxygens (including phenoxy) is 5. The molecule has 0 unspecified atom stereocenters. The number of nitrogens with zero attached hydrogens (tertiary/aromatic N) is 1. The highest BCUT2D eigenvalue weighted by Crippen LogP contribution is 2.36. The number of methoxy groups -OCH3 is 1. The van der Waals surface area contributed by atoms with Crippen LogP contribution in [0.3, 0.4) is 0 Å². The monoisotopic (exact) mass is 448 g/mol. The van der Waals surface area contributed by atoms with Gasteiger partial charge in [0.1, 0.15) is 5.75 Å². The molecule has 1 N–H and O–H groups in total. The van der Waals surface area contributed by atoms with Gasteiger partial charge < -0.3 is 33.9 Å². The Hall–Kier alpha value is -4.40. The Balaban J connectivity index is 1.39. The molecular weight excluding hydrogens is 428 g/mol. The van der Waals surface area contributed by atoms with Crippen LogP contribution in [0.25, 0.3) is 0 Å². The van der Waals surface area contributed by atoms with Crippen LogP contribution in [-0.4, -0.2) is 39.6 Å². The van der Waals surface area contributed by atoms with Gasteiger partial charge in [0.25, 0.3) is 11.8 Å². The minimum atomic E-state index is -0.425. The van der Waals surface area contributed by atoms with E-state index in [-0.39, 0.29) is 25.1 Å². The fraction of sp³-hybridized carbons (Fsp3) is 0.167. The highest BCUT2D eigenvalue weighted by molar-refractivity contribution is 6.10. The smallest absolute Gasteiger partial charge is 0.259 e. The molecule has 0 aliphatic carbocycles. The van der Waals surface area contributed by atoms with Crippen molar-refractivity contribution in [3.05, 3.63) is 65.7 Å². The number of benzene rings is 3. The average molecular weight is 448 g/mol. The number of amides is 2. The molecule has 3 aromatic carbocycles. The lowest BCUT2D eigenvalue weighted by Gasteiger charge is -2.19. The molecule has 0 saturated carbocycles. The number of hydrogen-bond donors (Lipinski definition) is 1. The maximum atomic E-state index is 13.2. The molecule has 33 heavy (non-hydrogen) atoms. The van der Waals surface area contributed by atoms with Crippen molar-refractivity contribution in [1.82, 2.24) is 0 Å². The second-order valence-electron chi connectivity index (χ2n) is 7.34. The Morgan fingerprint density at radius 3 is 2.24 bits per heavy atom. The molecular formula is C24H20N2O7. The van der Waals surface area contributed by atoms with Crippen molar-refractivity contribution in [3.8, 4) is 28.7 Å². The van der Waals surface area contributed by atoms with Gasteiger partial charge in [-0.3, -0.25) is 9.59 Å². The molecule has 5 rings (SSSR count). The van der Waals surface area contributed by atoms with E-state index in [0.29, 0.717) is 45.7 Å². The number of carbonyl (C=O) groups is 2. The van der Waals surface area contributed by atoms with Crippen molar-refractivity contribution >= 4 is 23.2 Å². The number of hydrogen-bond acceptors (Lipinski definition) is 7. The summed E-state index contributed by atoms with van der Waals surface area (Å²) >= 11 is 0. The molecule has 0 aromatic heterocycles. The minimum Gasteiger partial charge on any atom is -0.496 e. The molecule has 0 radical (unpaired) electrons. The molecule has 3 aromatic rings. The fourth-order valence-electron chi connectivity index (χ4n) is 3.60. The zero-order chi connectivity index (χ0) is 22.9. The van der Waals surface area contributed by atoms with Gasteiger partial charge >= 0.3 is 0 Å². The van der Waals surface area contributed by atoms with Crippen LogP contribution in [-0.2, 0) is 0 Å². The van der Waals surface area contributed by atoms with Crippen molar-refractivity contribution in [2.75, 3.05) is 38.0 Å². The third-order valence-corrected chi connectivity index (χ3v) is 5.37. The van der Waals surface area contributed by atoms with Crippen LogP contribution in [0.1, 0.15) is 20.7 Å². The Morgan fingerprint density at radius 2 is 1.52 bits per heavy atom. The molecule has 0 fully saturated rings. The van der Waals surface area contributed by atoms with E-state index in [1.165, 1.54) is 18.1 Å². The van der Waals surface area contributed by atoms with E-state index in [1.54, 1.807) is 55.6 Å². The van der Waals surface area contributed by atoms with Gasteiger partial charge in [0.05, 0.1) is 12.7 Å². The topological polar surface area (TPSA) is 95.6 Å². The van der Waals surface area contributed by atoms with Gasteiger partial charge in [-0.25, -0.2) is 0 Å². The third-order valence-electron chi connectivity index (χ3n) is 5.37. The van der Waals surface area contributed by atoms with E-state index in [1.807, 2.05) is 0 Å². The first-order valence-corrected chi connectivity index (χ1v) is 10.1. The Kier molecular flexibility index (Phi) is 5.14. The van der Waals surface area contributed by atoms with Crippen LogP contribution in [0.15, 0.2) is 54.6 Å². The molecule has 2 amide bonds. The van der Waals surface area contributed by atoms with Gasteiger partial charge in [-0.15, -0.1) is 0 Å². The Bertz CT molecular complexity index is 1260. The summed E-state index contributed by atoms with van der Waals surface area (Å²) < 4.78 is 26.7. The van der Waals surface area contributed by atoms with Crippen LogP contribution in [0.2, 0.25) is 0 Å². The molecule has 2 aliphatic heterocycles. The first kappa shape index (κ1) is 20.5. The lowest BCUT2D eigenvalue weighted by molar-refractivity contribution is 0.0993. The quantitative estimate of drug-likeness (QED) is 0.636. The van der Waals surface area contributed by atoms with Gasteiger partial charge in [-0.2, -0.15) is 0 Å². The van der Waals surface area contributed by atoms with Crippen molar-refractivity contribution in [2.24, 2.45) is 0 Å². The lowest BCUT2D eigenvalue weighted by atomic mass is 10.1. The summed E-state index contributed by atoms with van der Waals surface area (Å²) in [7, 11) is 3.11. The standard InChI is InChI=1S/C24H20N2O7/c1-26(16-5-8-20-22(11-16)33-13-31-20)24(28)14-3-6-18(29-2)17(9-14)23(27)25-15-4-7-19-21(10-15)32-12-30-19/h3-11H,12-13H2,1-2H3,(H,25,27). The van der Waals surface area contributed by atoms with E-state index in [4.69, 9.17) is 23.7 Å². The number of rotatable bonds is 5. The van der Waals surface area contributed by atoms with Crippen LogP contribution in [0.4, 0.5) is 11.4 Å². The third kappa shape index (κ3) is 3.84. The predicted molar refractivity (Wildman–Crippen MR) is 119 cm³/mol. The molecule has 9 nitrogen and oxygen atoms in total. The van der Waals surface area contributed by atoms with Gasteiger partial charge in [-0.1, -0.05) is 0 Å². The first-order valence-electron chi connectivity index (χ1n) is 10.1. The largest absolute Gasteiger partial charge is 0.496 e. The first-order chi connectivity index (χ1) is 16.0. The summed E-state index contributed by atoms with van der Waals surface area (Å²) in [6.07, 6.45) is 0. The maximum absolute atomic E-state index is 13.2. The minimum absolute atomic E-state index is 0.140. The molecule has 0 bridgehead atoms. The zero-order valence-electron chi connectivity index (χ0n) is 17.9. The number of anilines is 2. The molecule has 0 spiro atoms. The summed E-state index contributed by atoms with van der Waals surface area (Å²) in [6, 6.07) is 15.1. The predicted octanol–water partition coefficient (Wildman–Crippen LogP) is 3.68. The SMILES string of the molecule is COc1ccc(C(=O)N(C)c2ccc3c(c2)OCO3)cc1C(=O)Nc1ccc2c(c1)OCO2. The number of nitrogens with one attached hydrogen (secondary N) is 1. The summed E-state index contributed by atoms with van der Waals surface area (Å²) in [4.78, 5) is 27.7. The maximum Gasteiger partial charge on any atom is 0.259 e. The normalized spacial score (nSPS) is 12.9. The van der Waals surface area contributed by atoms with Crippen LogP contribution >= 0.6 is 0 Å². The summed E-state index contributed by atoms with van der Waals surface area (Å²) in [6.45, 7) is 0.290. The van der Waals surface area contributed by atoms with Crippen molar-refractivity contribution in [2.45, 2.75) is 0 Å². The van der Waals surface area contributed by atoms with E-state index < -0.39 is 5.91 Å². The summed E-state index contributed by atoms with van der Waals surface area (Å²) in [5, 5.41) is 2.81. The second-order valence-corrected chi connectivity index (χ2v) is 7.34. The summed E-state index contributed by atoms with van der Waals surface area (Å²) in [5.41, 5.74) is 1.71. The highest BCUT2D eigenvalue weighted by Gasteiger charge is 2.22. The van der Waals surface area contributed by atoms with Crippen molar-refractivity contribution in [1.29, 1.82) is 0 Å². The van der Waals surface area contributed by atoms with E-state index >= 15 is 0 Å². The second kappa shape index (κ2) is 8.27. The fourth-order valence-corrected chi connectivity index (χ4v) is 3.60. The van der Waals surface area contributed by atoms with Crippen LogP contribution in [0.5, 0.6) is 28.7 Å². The number of fused-ring (bicyclic) bond motifs is 2. The molecule has 2 aliphatic rings. The number of carbonyl (C=O) groups excluding carboxylic acids is 2. The van der Waals surface area contributed by atoms with E-state index in [2.05, 4.69) is 5.32 Å². The van der Waals surface area contributed by atoms with Gasteiger partial charge in [0, 0.05) is 36.1 Å². The van der Waals surface area contributed by atoms with Crippen molar-refractivity contribution in [3.63, 3.8) is 0 Å². The summed E-state index contributed by atoms with van der Waals surface area (Å²) in [5.74, 6) is 1.99. The van der Waals surface area contributed by atoms with Gasteiger partial charge in [-0.05, 0) is 42.5 Å². The van der Waals surface area contributed by atoms with Crippen LogP contribution in [0, 0.1) is 0 Å². The average Bonchev–Trinajstić information content (AvgIpc) is 3.51. The molecule has 9 heteroatoms. The molecule has 0 saturated heterocycles. The lowest BCUT2D eigenvalue weighted by Crippen LogP contribution is -2.26. The Morgan fingerprint density at radius 1 is 0.848 bits per heavy atom. The van der Waals surface area contributed by atoms with Crippen LogP contribution < -0.4 is 33.9 Å². The van der Waals surface area contributed by atoms with E-state index in [0.717, 1.165) is 0 Å². The zero-order valence-corrected chi connectivity index (χ0v) is 17.9. The van der Waals surface area contributed by atoms with E-state index in [9.17, 15) is 9.59 Å². The molecule has 0 atom stereocenters. The van der Waals surface area contributed by atoms with Gasteiger partial charge in [0.2, 0.25) is 13.6 Å². The highest BCUT2D eigenvalue weighted by atomic mass is 16.7. The molecule has 168 valence electrons. The van der Waals surface area contributed by atoms with Crippen molar-refractivity contribution < 1.29 is 33.3 Å². The Labute approximate surface area is 189 Å².